The number of carbonyl (C=O) groups excluding carboxylic acids is 1. The molecule has 144 valence electrons. The molecule has 4 rings (SSSR count). The Balaban J connectivity index is 1.37. The first-order valence-electron chi connectivity index (χ1n) is 9.53. The van der Waals surface area contributed by atoms with Gasteiger partial charge in [-0.1, -0.05) is 23.7 Å². The molecular weight excluding hydrogens is 382 g/mol. The smallest absolute Gasteiger partial charge is 0.243 e. The number of hydrogen-bond acceptors (Lipinski definition) is 5. The first kappa shape index (κ1) is 18.9. The van der Waals surface area contributed by atoms with Crippen LogP contribution in [0.2, 0.25) is 5.02 Å². The molecule has 0 radical (unpaired) electrons. The molecule has 27 heavy (non-hydrogen) atoms. The molecular formula is C20H24ClN3O2S. The van der Waals surface area contributed by atoms with Crippen molar-refractivity contribution >= 4 is 34.0 Å². The number of likely N-dealkylation sites (tertiary alicyclic amines) is 1. The minimum Gasteiger partial charge on any atom is -0.381 e. The number of hydrogen-bond donors (Lipinski definition) is 1. The molecule has 2 aromatic rings. The van der Waals surface area contributed by atoms with Crippen molar-refractivity contribution in [3.63, 3.8) is 0 Å². The summed E-state index contributed by atoms with van der Waals surface area (Å²) in [6, 6.07) is 7.53. The molecule has 0 saturated carbocycles. The third-order valence-electron chi connectivity index (χ3n) is 5.37. The Bertz CT molecular complexity index is 774. The normalized spacial score (nSPS) is 21.4. The molecule has 3 heterocycles. The number of halogens is 1. The minimum absolute atomic E-state index is 0.0456. The van der Waals surface area contributed by atoms with E-state index < -0.39 is 0 Å². The van der Waals surface area contributed by atoms with Gasteiger partial charge in [0.25, 0.3) is 0 Å². The van der Waals surface area contributed by atoms with Gasteiger partial charge in [0.05, 0.1) is 11.7 Å². The molecule has 0 bridgehead atoms. The van der Waals surface area contributed by atoms with E-state index in [2.05, 4.69) is 15.2 Å². The van der Waals surface area contributed by atoms with Crippen molar-refractivity contribution in [3.8, 4) is 11.3 Å². The van der Waals surface area contributed by atoms with Crippen LogP contribution < -0.4 is 5.32 Å². The van der Waals surface area contributed by atoms with Gasteiger partial charge in [0.1, 0.15) is 0 Å². The van der Waals surface area contributed by atoms with E-state index >= 15 is 0 Å². The highest BCUT2D eigenvalue weighted by Gasteiger charge is 2.32. The topological polar surface area (TPSA) is 54.5 Å². The van der Waals surface area contributed by atoms with E-state index in [0.29, 0.717) is 16.1 Å². The molecule has 1 unspecified atom stereocenters. The highest BCUT2D eigenvalue weighted by Crippen LogP contribution is 2.28. The van der Waals surface area contributed by atoms with Gasteiger partial charge in [0.15, 0.2) is 5.13 Å². The predicted molar refractivity (Wildman–Crippen MR) is 109 cm³/mol. The SMILES string of the molecule is O=C(Nc1nc(-c2ccc(Cl)cc2)cs1)C1CCCN1CC1CCOCC1. The third kappa shape index (κ3) is 4.69. The number of nitrogens with zero attached hydrogens (tertiary/aromatic N) is 2. The van der Waals surface area contributed by atoms with E-state index in [1.54, 1.807) is 0 Å². The van der Waals surface area contributed by atoms with Gasteiger partial charge in [-0.2, -0.15) is 0 Å². The lowest BCUT2D eigenvalue weighted by molar-refractivity contribution is -0.120. The molecule has 2 saturated heterocycles. The second-order valence-electron chi connectivity index (χ2n) is 7.24. The highest BCUT2D eigenvalue weighted by molar-refractivity contribution is 7.14. The van der Waals surface area contributed by atoms with Crippen molar-refractivity contribution in [2.45, 2.75) is 31.7 Å². The summed E-state index contributed by atoms with van der Waals surface area (Å²) >= 11 is 7.40. The van der Waals surface area contributed by atoms with Crippen LogP contribution in [0.15, 0.2) is 29.6 Å². The lowest BCUT2D eigenvalue weighted by atomic mass is 9.99. The summed E-state index contributed by atoms with van der Waals surface area (Å²) < 4.78 is 5.45. The second-order valence-corrected chi connectivity index (χ2v) is 8.54. The van der Waals surface area contributed by atoms with Crippen LogP contribution in [0.25, 0.3) is 11.3 Å². The van der Waals surface area contributed by atoms with E-state index in [0.717, 1.165) is 63.2 Å². The van der Waals surface area contributed by atoms with Crippen LogP contribution in [0.3, 0.4) is 0 Å². The fraction of sp³-hybridized carbons (Fsp3) is 0.500. The quantitative estimate of drug-likeness (QED) is 0.806. The van der Waals surface area contributed by atoms with Crippen LogP contribution in [0.5, 0.6) is 0 Å². The summed E-state index contributed by atoms with van der Waals surface area (Å²) in [7, 11) is 0. The first-order chi connectivity index (χ1) is 13.2. The number of nitrogens with one attached hydrogen (secondary N) is 1. The Morgan fingerprint density at radius 2 is 2.04 bits per heavy atom. The number of thiazole rings is 1. The van der Waals surface area contributed by atoms with Gasteiger partial charge >= 0.3 is 0 Å². The molecule has 1 amide bonds. The predicted octanol–water partition coefficient (Wildman–Crippen LogP) is 4.29. The summed E-state index contributed by atoms with van der Waals surface area (Å²) in [5, 5.41) is 6.35. The molecule has 2 fully saturated rings. The van der Waals surface area contributed by atoms with Crippen LogP contribution in [0, 0.1) is 5.92 Å². The minimum atomic E-state index is -0.0456. The zero-order valence-electron chi connectivity index (χ0n) is 15.2. The van der Waals surface area contributed by atoms with Crippen molar-refractivity contribution in [3.05, 3.63) is 34.7 Å². The molecule has 0 spiro atoms. The number of carbonyl (C=O) groups is 1. The van der Waals surface area contributed by atoms with E-state index in [4.69, 9.17) is 16.3 Å². The molecule has 0 aliphatic carbocycles. The van der Waals surface area contributed by atoms with E-state index in [1.807, 2.05) is 29.6 Å². The Labute approximate surface area is 168 Å². The summed E-state index contributed by atoms with van der Waals surface area (Å²) in [6.07, 6.45) is 4.20. The molecule has 2 aliphatic rings. The van der Waals surface area contributed by atoms with E-state index in [1.165, 1.54) is 11.3 Å². The van der Waals surface area contributed by atoms with E-state index in [9.17, 15) is 4.79 Å². The zero-order chi connectivity index (χ0) is 18.6. The summed E-state index contributed by atoms with van der Waals surface area (Å²) in [5.41, 5.74) is 1.86. The average molecular weight is 406 g/mol. The number of ether oxygens (including phenoxy) is 1. The van der Waals surface area contributed by atoms with Crippen LogP contribution in [-0.2, 0) is 9.53 Å². The highest BCUT2D eigenvalue weighted by atomic mass is 35.5. The Hall–Kier alpha value is -1.47. The molecule has 1 N–H and O–H groups in total. The van der Waals surface area contributed by atoms with Gasteiger partial charge in [0.2, 0.25) is 5.91 Å². The Kier molecular flexibility index (Phi) is 6.08. The standard InChI is InChI=1S/C20H24ClN3O2S/c21-16-5-3-15(4-6-16)17-13-27-20(22-17)23-19(25)18-2-1-9-24(18)12-14-7-10-26-11-8-14/h3-6,13-14,18H,1-2,7-12H2,(H,22,23,25). The maximum atomic E-state index is 12.8. The zero-order valence-corrected chi connectivity index (χ0v) is 16.8. The van der Waals surface area contributed by atoms with Crippen LogP contribution >= 0.6 is 22.9 Å². The maximum Gasteiger partial charge on any atom is 0.243 e. The summed E-state index contributed by atoms with van der Waals surface area (Å²) in [5.74, 6) is 0.708. The lowest BCUT2D eigenvalue weighted by Gasteiger charge is -2.30. The van der Waals surface area contributed by atoms with Crippen molar-refractivity contribution in [2.24, 2.45) is 5.92 Å². The lowest BCUT2D eigenvalue weighted by Crippen LogP contribution is -2.42. The monoisotopic (exact) mass is 405 g/mol. The molecule has 2 aliphatic heterocycles. The van der Waals surface area contributed by atoms with Gasteiger partial charge in [-0.05, 0) is 50.3 Å². The van der Waals surface area contributed by atoms with Gasteiger partial charge in [0, 0.05) is 35.7 Å². The van der Waals surface area contributed by atoms with Crippen LogP contribution in [0.1, 0.15) is 25.7 Å². The van der Waals surface area contributed by atoms with Crippen molar-refractivity contribution in [1.29, 1.82) is 0 Å². The average Bonchev–Trinajstić information content (AvgIpc) is 3.33. The third-order valence-corrected chi connectivity index (χ3v) is 6.38. The molecule has 5 nitrogen and oxygen atoms in total. The first-order valence-corrected chi connectivity index (χ1v) is 10.8. The largest absolute Gasteiger partial charge is 0.381 e. The second kappa shape index (κ2) is 8.69. The fourth-order valence-electron chi connectivity index (χ4n) is 3.88. The van der Waals surface area contributed by atoms with Crippen molar-refractivity contribution < 1.29 is 9.53 Å². The Morgan fingerprint density at radius 3 is 2.81 bits per heavy atom. The van der Waals surface area contributed by atoms with Crippen LogP contribution in [-0.4, -0.2) is 48.1 Å². The number of rotatable bonds is 5. The van der Waals surface area contributed by atoms with Gasteiger partial charge in [-0.3, -0.25) is 9.69 Å². The summed E-state index contributed by atoms with van der Waals surface area (Å²) in [4.78, 5) is 19.7. The van der Waals surface area contributed by atoms with Crippen molar-refractivity contribution in [1.82, 2.24) is 9.88 Å². The molecule has 7 heteroatoms. The number of anilines is 1. The van der Waals surface area contributed by atoms with Gasteiger partial charge in [-0.25, -0.2) is 4.98 Å². The molecule has 1 atom stereocenters. The Morgan fingerprint density at radius 1 is 1.26 bits per heavy atom. The van der Waals surface area contributed by atoms with Crippen LogP contribution in [0.4, 0.5) is 5.13 Å². The van der Waals surface area contributed by atoms with Crippen molar-refractivity contribution in [2.75, 3.05) is 31.6 Å². The molecule has 1 aromatic heterocycles. The van der Waals surface area contributed by atoms with Gasteiger partial charge in [-0.15, -0.1) is 11.3 Å². The summed E-state index contributed by atoms with van der Waals surface area (Å²) in [6.45, 7) is 3.70. The molecule has 1 aromatic carbocycles. The maximum absolute atomic E-state index is 12.8. The number of benzene rings is 1. The fourth-order valence-corrected chi connectivity index (χ4v) is 4.72. The number of aromatic nitrogens is 1. The van der Waals surface area contributed by atoms with E-state index in [-0.39, 0.29) is 11.9 Å². The number of amides is 1. The van der Waals surface area contributed by atoms with Gasteiger partial charge < -0.3 is 10.1 Å².